The third kappa shape index (κ3) is 4.71. The van der Waals surface area contributed by atoms with Crippen LogP contribution in [0.5, 0.6) is 0 Å². The standard InChI is InChI=1S/C20H27BrN4O2/c1-3-24(4-2)19(26)14-23-8-5-9-25(11-10-23)20(27)18-12-15-6-7-16(21)13-17(15)22-18/h6-7,12-13,22H,3-5,8-11,14H2,1-2H3. The average molecular weight is 435 g/mol. The van der Waals surface area contributed by atoms with Crippen LogP contribution in [0.1, 0.15) is 30.8 Å². The van der Waals surface area contributed by atoms with E-state index in [1.54, 1.807) is 0 Å². The van der Waals surface area contributed by atoms with Crippen LogP contribution in [-0.4, -0.2) is 77.3 Å². The molecule has 0 spiro atoms. The van der Waals surface area contributed by atoms with Gasteiger partial charge >= 0.3 is 0 Å². The van der Waals surface area contributed by atoms with Crippen molar-refractivity contribution >= 4 is 38.6 Å². The van der Waals surface area contributed by atoms with Gasteiger partial charge in [-0.25, -0.2) is 0 Å². The monoisotopic (exact) mass is 434 g/mol. The van der Waals surface area contributed by atoms with Crippen molar-refractivity contribution in [2.45, 2.75) is 20.3 Å². The van der Waals surface area contributed by atoms with Crippen LogP contribution >= 0.6 is 15.9 Å². The number of fused-ring (bicyclic) bond motifs is 1. The summed E-state index contributed by atoms with van der Waals surface area (Å²) in [5.74, 6) is 0.195. The van der Waals surface area contributed by atoms with Gasteiger partial charge in [0.2, 0.25) is 5.91 Å². The SMILES string of the molecule is CCN(CC)C(=O)CN1CCCN(C(=O)c2cc3ccc(Br)cc3[nH]2)CC1. The van der Waals surface area contributed by atoms with Gasteiger partial charge in [0, 0.05) is 54.6 Å². The Morgan fingerprint density at radius 2 is 1.89 bits per heavy atom. The fourth-order valence-electron chi connectivity index (χ4n) is 3.58. The molecule has 3 rings (SSSR count). The third-order valence-electron chi connectivity index (χ3n) is 5.17. The summed E-state index contributed by atoms with van der Waals surface area (Å²) in [7, 11) is 0. The summed E-state index contributed by atoms with van der Waals surface area (Å²) in [5, 5.41) is 1.03. The number of aromatic nitrogens is 1. The lowest BCUT2D eigenvalue weighted by Crippen LogP contribution is -2.42. The number of rotatable bonds is 5. The highest BCUT2D eigenvalue weighted by Gasteiger charge is 2.23. The lowest BCUT2D eigenvalue weighted by atomic mass is 10.2. The second-order valence-corrected chi connectivity index (χ2v) is 7.82. The highest BCUT2D eigenvalue weighted by Crippen LogP contribution is 2.21. The number of hydrogen-bond acceptors (Lipinski definition) is 3. The zero-order chi connectivity index (χ0) is 19.4. The van der Waals surface area contributed by atoms with E-state index in [1.165, 1.54) is 0 Å². The zero-order valence-electron chi connectivity index (χ0n) is 16.0. The average Bonchev–Trinajstić information content (AvgIpc) is 2.93. The maximum atomic E-state index is 12.9. The summed E-state index contributed by atoms with van der Waals surface area (Å²) in [6, 6.07) is 7.86. The summed E-state index contributed by atoms with van der Waals surface area (Å²) >= 11 is 3.46. The molecule has 146 valence electrons. The Hall–Kier alpha value is -1.86. The van der Waals surface area contributed by atoms with Crippen molar-refractivity contribution in [1.29, 1.82) is 0 Å². The molecule has 1 aliphatic heterocycles. The molecule has 0 unspecified atom stereocenters. The van der Waals surface area contributed by atoms with Crippen molar-refractivity contribution in [3.63, 3.8) is 0 Å². The van der Waals surface area contributed by atoms with Gasteiger partial charge in [0.25, 0.3) is 5.91 Å². The summed E-state index contributed by atoms with van der Waals surface area (Å²) < 4.78 is 0.985. The Kier molecular flexibility index (Phi) is 6.55. The van der Waals surface area contributed by atoms with E-state index in [9.17, 15) is 9.59 Å². The van der Waals surface area contributed by atoms with E-state index in [-0.39, 0.29) is 11.8 Å². The Bertz CT molecular complexity index is 815. The number of benzene rings is 1. The minimum atomic E-state index is 0.0271. The minimum absolute atomic E-state index is 0.0271. The van der Waals surface area contributed by atoms with E-state index in [0.717, 1.165) is 48.0 Å². The lowest BCUT2D eigenvalue weighted by Gasteiger charge is -2.25. The minimum Gasteiger partial charge on any atom is -0.350 e. The molecule has 0 radical (unpaired) electrons. The van der Waals surface area contributed by atoms with E-state index in [2.05, 4.69) is 25.8 Å². The van der Waals surface area contributed by atoms with E-state index in [0.29, 0.717) is 25.3 Å². The molecule has 1 aromatic heterocycles. The second kappa shape index (κ2) is 8.89. The molecule has 1 aliphatic rings. The predicted octanol–water partition coefficient (Wildman–Crippen LogP) is 2.95. The summed E-state index contributed by atoms with van der Waals surface area (Å²) in [5.41, 5.74) is 1.57. The van der Waals surface area contributed by atoms with E-state index in [1.807, 2.05) is 47.9 Å². The van der Waals surface area contributed by atoms with Gasteiger partial charge in [0.05, 0.1) is 6.54 Å². The quantitative estimate of drug-likeness (QED) is 0.786. The first kappa shape index (κ1) is 19.9. The molecule has 2 heterocycles. The van der Waals surface area contributed by atoms with Crippen molar-refractivity contribution in [3.8, 4) is 0 Å². The number of hydrogen-bond donors (Lipinski definition) is 1. The number of nitrogens with zero attached hydrogens (tertiary/aromatic N) is 3. The lowest BCUT2D eigenvalue weighted by molar-refractivity contribution is -0.132. The maximum absolute atomic E-state index is 12.9. The highest BCUT2D eigenvalue weighted by atomic mass is 79.9. The Labute approximate surface area is 168 Å². The van der Waals surface area contributed by atoms with Crippen LogP contribution in [0.4, 0.5) is 0 Å². The van der Waals surface area contributed by atoms with E-state index in [4.69, 9.17) is 0 Å². The van der Waals surface area contributed by atoms with Crippen LogP contribution in [0.2, 0.25) is 0 Å². The van der Waals surface area contributed by atoms with E-state index < -0.39 is 0 Å². The van der Waals surface area contributed by atoms with Gasteiger partial charge in [-0.2, -0.15) is 0 Å². The third-order valence-corrected chi connectivity index (χ3v) is 5.66. The van der Waals surface area contributed by atoms with Crippen molar-refractivity contribution < 1.29 is 9.59 Å². The second-order valence-electron chi connectivity index (χ2n) is 6.90. The first-order chi connectivity index (χ1) is 13.0. The summed E-state index contributed by atoms with van der Waals surface area (Å²) in [4.78, 5) is 34.4. The molecule has 1 aromatic carbocycles. The Morgan fingerprint density at radius 1 is 1.11 bits per heavy atom. The van der Waals surface area contributed by atoms with Gasteiger partial charge in [-0.15, -0.1) is 0 Å². The van der Waals surface area contributed by atoms with Crippen LogP contribution in [0.3, 0.4) is 0 Å². The molecule has 1 N–H and O–H groups in total. The van der Waals surface area contributed by atoms with Gasteiger partial charge in [-0.1, -0.05) is 22.0 Å². The number of H-pyrrole nitrogens is 1. The zero-order valence-corrected chi connectivity index (χ0v) is 17.6. The van der Waals surface area contributed by atoms with Crippen LogP contribution in [0.25, 0.3) is 10.9 Å². The van der Waals surface area contributed by atoms with Gasteiger partial charge in [-0.3, -0.25) is 14.5 Å². The number of halogens is 1. The first-order valence-corrected chi connectivity index (χ1v) is 10.4. The molecule has 2 amide bonds. The summed E-state index contributed by atoms with van der Waals surface area (Å²) in [6.45, 7) is 8.85. The van der Waals surface area contributed by atoms with Gasteiger partial charge < -0.3 is 14.8 Å². The van der Waals surface area contributed by atoms with Crippen molar-refractivity contribution in [2.75, 3.05) is 45.8 Å². The molecular formula is C20H27BrN4O2. The molecule has 6 nitrogen and oxygen atoms in total. The molecule has 1 fully saturated rings. The molecule has 0 atom stereocenters. The maximum Gasteiger partial charge on any atom is 0.270 e. The molecular weight excluding hydrogens is 408 g/mol. The van der Waals surface area contributed by atoms with E-state index >= 15 is 0 Å². The van der Waals surface area contributed by atoms with Crippen LogP contribution in [-0.2, 0) is 4.79 Å². The van der Waals surface area contributed by atoms with Crippen LogP contribution in [0.15, 0.2) is 28.7 Å². The number of likely N-dealkylation sites (N-methyl/N-ethyl adjacent to an activating group) is 1. The molecule has 2 aromatic rings. The first-order valence-electron chi connectivity index (χ1n) is 9.59. The number of carbonyl (C=O) groups excluding carboxylic acids is 2. The van der Waals surface area contributed by atoms with Gasteiger partial charge in [0.15, 0.2) is 0 Å². The van der Waals surface area contributed by atoms with Crippen molar-refractivity contribution in [2.24, 2.45) is 0 Å². The fourth-order valence-corrected chi connectivity index (χ4v) is 3.95. The van der Waals surface area contributed by atoms with Gasteiger partial charge in [-0.05, 0) is 38.5 Å². The fraction of sp³-hybridized carbons (Fsp3) is 0.500. The molecule has 27 heavy (non-hydrogen) atoms. The molecule has 7 heteroatoms. The van der Waals surface area contributed by atoms with Crippen LogP contribution in [0, 0.1) is 0 Å². The highest BCUT2D eigenvalue weighted by molar-refractivity contribution is 9.10. The Morgan fingerprint density at radius 3 is 2.63 bits per heavy atom. The smallest absolute Gasteiger partial charge is 0.270 e. The van der Waals surface area contributed by atoms with Gasteiger partial charge in [0.1, 0.15) is 5.69 Å². The summed E-state index contributed by atoms with van der Waals surface area (Å²) in [6.07, 6.45) is 0.878. The topological polar surface area (TPSA) is 59.7 Å². The molecule has 0 saturated carbocycles. The largest absolute Gasteiger partial charge is 0.350 e. The van der Waals surface area contributed by atoms with Crippen molar-refractivity contribution in [1.82, 2.24) is 19.7 Å². The van der Waals surface area contributed by atoms with Crippen molar-refractivity contribution in [3.05, 3.63) is 34.4 Å². The van der Waals surface area contributed by atoms with Crippen LogP contribution < -0.4 is 0 Å². The number of carbonyl (C=O) groups is 2. The molecule has 0 aliphatic carbocycles. The number of aromatic amines is 1. The molecule has 1 saturated heterocycles. The Balaban J connectivity index is 1.63. The number of nitrogens with one attached hydrogen (secondary N) is 1. The molecule has 0 bridgehead atoms. The predicted molar refractivity (Wildman–Crippen MR) is 111 cm³/mol. The normalized spacial score (nSPS) is 15.7. The number of amides is 2.